The van der Waals surface area contributed by atoms with Gasteiger partial charge in [-0.2, -0.15) is 0 Å². The normalized spacial score (nSPS) is 32.0. The van der Waals surface area contributed by atoms with Crippen LogP contribution in [0.1, 0.15) is 39.4 Å². The molecular formula is C20H27NO7. The van der Waals surface area contributed by atoms with Crippen LogP contribution in [0.2, 0.25) is 0 Å². The lowest BCUT2D eigenvalue weighted by Gasteiger charge is -2.52. The maximum atomic E-state index is 13.1. The van der Waals surface area contributed by atoms with Crippen LogP contribution in [0, 0.1) is 0 Å². The topological polar surface area (TPSA) is 96.2 Å². The first-order valence-electron chi connectivity index (χ1n) is 9.17. The summed E-state index contributed by atoms with van der Waals surface area (Å²) >= 11 is 0. The van der Waals surface area contributed by atoms with E-state index in [1.165, 1.54) is 13.4 Å². The van der Waals surface area contributed by atoms with E-state index in [0.29, 0.717) is 5.76 Å². The predicted molar refractivity (Wildman–Crippen MR) is 98.4 cm³/mol. The Balaban J connectivity index is 2.10. The maximum absolute atomic E-state index is 13.1. The van der Waals surface area contributed by atoms with Crippen LogP contribution in [0.4, 0.5) is 0 Å². The molecule has 2 fully saturated rings. The van der Waals surface area contributed by atoms with Crippen LogP contribution in [0.5, 0.6) is 0 Å². The van der Waals surface area contributed by atoms with Crippen molar-refractivity contribution in [1.82, 2.24) is 5.32 Å². The summed E-state index contributed by atoms with van der Waals surface area (Å²) in [5.74, 6) is -2.80. The Kier molecular flexibility index (Phi) is 5.51. The summed E-state index contributed by atoms with van der Waals surface area (Å²) in [7, 11) is 1.50. The molecule has 1 saturated carbocycles. The molecular weight excluding hydrogens is 366 g/mol. The van der Waals surface area contributed by atoms with Crippen molar-refractivity contribution in [2.75, 3.05) is 7.11 Å². The fourth-order valence-electron chi connectivity index (χ4n) is 3.69. The standard InChI is InChI=1S/C20H27NO7/c1-7-12(22)21-14-13(11-9-8-10-25-11)16-15(23)18(28-20(4,5)26-16)17(14)27-19(2,3)24-6/h7-10,13-14,16-18H,1H2,2-6H3,(H,21,22)/t13-,14-,16-,17+,18-/m1/s1. The average molecular weight is 393 g/mol. The number of carbonyl (C=O) groups excluding carboxylic acids is 2. The number of Topliss-reactive ketones (excluding diaryl/α,β-unsaturated/α-hetero) is 1. The summed E-state index contributed by atoms with van der Waals surface area (Å²) in [5, 5.41) is 2.87. The first-order chi connectivity index (χ1) is 13.1. The van der Waals surface area contributed by atoms with Crippen LogP contribution >= 0.6 is 0 Å². The minimum absolute atomic E-state index is 0.262. The van der Waals surface area contributed by atoms with Crippen molar-refractivity contribution in [2.45, 2.75) is 69.5 Å². The average Bonchev–Trinajstić information content (AvgIpc) is 3.14. The molecule has 2 aliphatic rings. The molecule has 28 heavy (non-hydrogen) atoms. The molecule has 0 radical (unpaired) electrons. The maximum Gasteiger partial charge on any atom is 0.243 e. The first kappa shape index (κ1) is 20.7. The van der Waals surface area contributed by atoms with Crippen LogP contribution < -0.4 is 5.32 Å². The fraction of sp³-hybridized carbons (Fsp3) is 0.600. The number of ether oxygens (including phenoxy) is 4. The van der Waals surface area contributed by atoms with E-state index >= 15 is 0 Å². The van der Waals surface area contributed by atoms with Gasteiger partial charge < -0.3 is 28.7 Å². The van der Waals surface area contributed by atoms with Gasteiger partial charge in [-0.3, -0.25) is 9.59 Å². The smallest absolute Gasteiger partial charge is 0.243 e. The van der Waals surface area contributed by atoms with Gasteiger partial charge in [0.05, 0.1) is 18.2 Å². The summed E-state index contributed by atoms with van der Waals surface area (Å²) in [6.45, 7) is 10.4. The van der Waals surface area contributed by atoms with Crippen LogP contribution in [-0.4, -0.2) is 54.7 Å². The number of rotatable bonds is 6. The molecule has 0 spiro atoms. The molecule has 3 rings (SSSR count). The van der Waals surface area contributed by atoms with Gasteiger partial charge in [0.2, 0.25) is 5.91 Å². The van der Waals surface area contributed by atoms with Gasteiger partial charge in [-0.05, 0) is 45.9 Å². The Labute approximate surface area is 164 Å². The van der Waals surface area contributed by atoms with E-state index in [-0.39, 0.29) is 5.78 Å². The molecule has 1 saturated heterocycles. The van der Waals surface area contributed by atoms with Crippen molar-refractivity contribution in [3.8, 4) is 0 Å². The first-order valence-corrected chi connectivity index (χ1v) is 9.17. The van der Waals surface area contributed by atoms with E-state index in [1.807, 2.05) is 0 Å². The second-order valence-corrected chi connectivity index (χ2v) is 7.85. The molecule has 1 aromatic heterocycles. The van der Waals surface area contributed by atoms with Gasteiger partial charge in [0.1, 0.15) is 18.0 Å². The Hall–Kier alpha value is -2.00. The lowest BCUT2D eigenvalue weighted by Crippen LogP contribution is -2.70. The molecule has 2 bridgehead atoms. The molecule has 2 heterocycles. The number of methoxy groups -OCH3 is 1. The van der Waals surface area contributed by atoms with Gasteiger partial charge in [0.15, 0.2) is 23.5 Å². The van der Waals surface area contributed by atoms with E-state index in [0.717, 1.165) is 6.08 Å². The third-order valence-corrected chi connectivity index (χ3v) is 5.03. The van der Waals surface area contributed by atoms with Crippen molar-refractivity contribution >= 4 is 11.7 Å². The van der Waals surface area contributed by atoms with Gasteiger partial charge in [0.25, 0.3) is 0 Å². The summed E-state index contributed by atoms with van der Waals surface area (Å²) in [6, 6.07) is 2.79. The monoisotopic (exact) mass is 393 g/mol. The molecule has 1 N–H and O–H groups in total. The Morgan fingerprint density at radius 1 is 1.32 bits per heavy atom. The SMILES string of the molecule is C=CC(=O)N[C@H]1[C@H](OC(C)(C)OC)[C@@H]2OC(C)(C)O[C@@H](C2=O)[C@@H]1c1ccco1. The highest BCUT2D eigenvalue weighted by molar-refractivity contribution is 5.92. The quantitative estimate of drug-likeness (QED) is 0.582. The van der Waals surface area contributed by atoms with Crippen LogP contribution in [0.15, 0.2) is 35.5 Å². The molecule has 5 atom stereocenters. The molecule has 0 unspecified atom stereocenters. The number of hydrogen-bond acceptors (Lipinski definition) is 7. The fourth-order valence-corrected chi connectivity index (χ4v) is 3.69. The number of ketones is 1. The molecule has 8 heteroatoms. The number of nitrogens with one attached hydrogen (secondary N) is 1. The van der Waals surface area contributed by atoms with E-state index in [2.05, 4.69) is 11.9 Å². The second kappa shape index (κ2) is 7.44. The highest BCUT2D eigenvalue weighted by Gasteiger charge is 2.60. The van der Waals surface area contributed by atoms with Crippen molar-refractivity contribution in [3.05, 3.63) is 36.8 Å². The highest BCUT2D eigenvalue weighted by Crippen LogP contribution is 2.43. The van der Waals surface area contributed by atoms with Crippen LogP contribution in [0.3, 0.4) is 0 Å². The van der Waals surface area contributed by atoms with Crippen LogP contribution in [-0.2, 0) is 28.5 Å². The van der Waals surface area contributed by atoms with Crippen LogP contribution in [0.25, 0.3) is 0 Å². The minimum Gasteiger partial charge on any atom is -0.469 e. The molecule has 154 valence electrons. The minimum atomic E-state index is -1.02. The second-order valence-electron chi connectivity index (χ2n) is 7.85. The zero-order valence-corrected chi connectivity index (χ0v) is 16.8. The summed E-state index contributed by atoms with van der Waals surface area (Å²) in [5.41, 5.74) is 0. The predicted octanol–water partition coefficient (Wildman–Crippen LogP) is 1.90. The molecule has 0 aromatic carbocycles. The molecule has 1 aliphatic carbocycles. The van der Waals surface area contributed by atoms with Crippen molar-refractivity contribution in [1.29, 1.82) is 0 Å². The molecule has 1 amide bonds. The zero-order chi connectivity index (χ0) is 20.7. The summed E-state index contributed by atoms with van der Waals surface area (Å²) < 4.78 is 29.0. The third-order valence-electron chi connectivity index (χ3n) is 5.03. The van der Waals surface area contributed by atoms with E-state index in [9.17, 15) is 9.59 Å². The molecule has 8 nitrogen and oxygen atoms in total. The van der Waals surface area contributed by atoms with Gasteiger partial charge in [-0.1, -0.05) is 6.58 Å². The van der Waals surface area contributed by atoms with E-state index in [1.54, 1.807) is 39.8 Å². The molecule has 1 aliphatic heterocycles. The lowest BCUT2D eigenvalue weighted by atomic mass is 9.75. The number of amides is 1. The number of carbonyl (C=O) groups is 2. The number of fused-ring (bicyclic) bond motifs is 2. The van der Waals surface area contributed by atoms with Crippen molar-refractivity contribution < 1.29 is 33.0 Å². The lowest BCUT2D eigenvalue weighted by molar-refractivity contribution is -0.333. The summed E-state index contributed by atoms with van der Waals surface area (Å²) in [4.78, 5) is 25.3. The molecule has 1 aromatic rings. The Morgan fingerprint density at radius 2 is 2.00 bits per heavy atom. The van der Waals surface area contributed by atoms with E-state index < -0.39 is 47.8 Å². The highest BCUT2D eigenvalue weighted by atomic mass is 16.7. The zero-order valence-electron chi connectivity index (χ0n) is 16.8. The number of hydrogen-bond donors (Lipinski definition) is 1. The van der Waals surface area contributed by atoms with Gasteiger partial charge in [-0.15, -0.1) is 0 Å². The third kappa shape index (κ3) is 3.91. The van der Waals surface area contributed by atoms with Gasteiger partial charge in [0, 0.05) is 7.11 Å². The summed E-state index contributed by atoms with van der Waals surface area (Å²) in [6.07, 6.45) is 0.0405. The van der Waals surface area contributed by atoms with E-state index in [4.69, 9.17) is 23.4 Å². The largest absolute Gasteiger partial charge is 0.469 e. The Morgan fingerprint density at radius 3 is 2.57 bits per heavy atom. The van der Waals surface area contributed by atoms with Gasteiger partial charge in [-0.25, -0.2) is 0 Å². The van der Waals surface area contributed by atoms with Crippen molar-refractivity contribution in [2.24, 2.45) is 0 Å². The Bertz CT molecular complexity index is 740. The number of furan rings is 1. The van der Waals surface area contributed by atoms with Crippen molar-refractivity contribution in [3.63, 3.8) is 0 Å². The van der Waals surface area contributed by atoms with Gasteiger partial charge >= 0.3 is 0 Å².